The largest absolute Gasteiger partial charge is 0.506 e. The summed E-state index contributed by atoms with van der Waals surface area (Å²) in [5.41, 5.74) is 0.722. The number of hydrogen-bond acceptors (Lipinski definition) is 2. The lowest BCUT2D eigenvalue weighted by Gasteiger charge is -2.02. The average Bonchev–Trinajstić information content (AvgIpc) is 2.13. The molecule has 0 aliphatic rings. The molecule has 0 spiro atoms. The van der Waals surface area contributed by atoms with E-state index in [1.807, 2.05) is 6.07 Å². The van der Waals surface area contributed by atoms with Gasteiger partial charge in [-0.2, -0.15) is 0 Å². The number of phenols is 1. The van der Waals surface area contributed by atoms with Crippen LogP contribution in [0.5, 0.6) is 5.75 Å². The van der Waals surface area contributed by atoms with Crippen LogP contribution in [0.25, 0.3) is 0 Å². The topological polar surface area (TPSA) is 32.6 Å². The van der Waals surface area contributed by atoms with Gasteiger partial charge in [-0.3, -0.25) is 4.99 Å². The first-order valence-corrected chi connectivity index (χ1v) is 5.91. The van der Waals surface area contributed by atoms with Crippen LogP contribution in [0.3, 0.4) is 0 Å². The van der Waals surface area contributed by atoms with Crippen LogP contribution in [0.4, 0.5) is 0 Å². The lowest BCUT2D eigenvalue weighted by atomic mass is 10.2. The van der Waals surface area contributed by atoms with Gasteiger partial charge in [-0.05, 0) is 34.5 Å². The number of aliphatic imine (C=N–C) groups is 1. The summed E-state index contributed by atoms with van der Waals surface area (Å²) in [6.07, 6.45) is 2.70. The van der Waals surface area contributed by atoms with Gasteiger partial charge in [0.2, 0.25) is 0 Å². The lowest BCUT2D eigenvalue weighted by Crippen LogP contribution is -1.86. The van der Waals surface area contributed by atoms with Gasteiger partial charge in [0, 0.05) is 22.8 Å². The normalized spacial score (nSPS) is 11.1. The molecule has 2 nitrogen and oxygen atoms in total. The number of halogens is 2. The van der Waals surface area contributed by atoms with Gasteiger partial charge < -0.3 is 5.11 Å². The number of aromatic hydroxyl groups is 1. The predicted molar refractivity (Wildman–Crippen MR) is 66.3 cm³/mol. The molecule has 0 radical (unpaired) electrons. The molecule has 1 N–H and O–H groups in total. The Labute approximate surface area is 100 Å². The van der Waals surface area contributed by atoms with Crippen LogP contribution >= 0.6 is 31.9 Å². The van der Waals surface area contributed by atoms with Crippen molar-refractivity contribution in [1.29, 1.82) is 0 Å². The quantitative estimate of drug-likeness (QED) is 0.845. The van der Waals surface area contributed by atoms with E-state index in [0.717, 1.165) is 23.0 Å². The molecule has 14 heavy (non-hydrogen) atoms. The molecule has 0 unspecified atom stereocenters. The van der Waals surface area contributed by atoms with Gasteiger partial charge in [0.15, 0.2) is 0 Å². The Bertz CT molecular complexity index is 350. The lowest BCUT2D eigenvalue weighted by molar-refractivity contribution is 0.471. The van der Waals surface area contributed by atoms with Crippen LogP contribution in [-0.2, 0) is 0 Å². The van der Waals surface area contributed by atoms with E-state index in [4.69, 9.17) is 0 Å². The van der Waals surface area contributed by atoms with Gasteiger partial charge in [-0.1, -0.05) is 22.9 Å². The van der Waals surface area contributed by atoms with Crippen LogP contribution < -0.4 is 0 Å². The van der Waals surface area contributed by atoms with Crippen molar-refractivity contribution in [3.63, 3.8) is 0 Å². The van der Waals surface area contributed by atoms with E-state index in [1.54, 1.807) is 12.3 Å². The Balaban J connectivity index is 2.96. The molecule has 0 atom stereocenters. The van der Waals surface area contributed by atoms with Gasteiger partial charge in [-0.25, -0.2) is 0 Å². The van der Waals surface area contributed by atoms with E-state index in [2.05, 4.69) is 43.8 Å². The summed E-state index contributed by atoms with van der Waals surface area (Å²) < 4.78 is 1.59. The molecule has 0 aliphatic carbocycles. The monoisotopic (exact) mass is 319 g/mol. The van der Waals surface area contributed by atoms with Crippen LogP contribution in [0, 0.1) is 0 Å². The van der Waals surface area contributed by atoms with Crippen LogP contribution in [0.15, 0.2) is 26.1 Å². The standard InChI is InChI=1S/C10H11Br2NO/c1-2-3-13-6-7-4-8(11)5-9(12)10(7)14/h4-6,14H,2-3H2,1H3. The van der Waals surface area contributed by atoms with Crippen molar-refractivity contribution < 1.29 is 5.11 Å². The fraction of sp³-hybridized carbons (Fsp3) is 0.300. The minimum Gasteiger partial charge on any atom is -0.506 e. The molecule has 0 heterocycles. The van der Waals surface area contributed by atoms with E-state index in [1.165, 1.54) is 0 Å². The summed E-state index contributed by atoms with van der Waals surface area (Å²) in [6, 6.07) is 3.63. The average molecular weight is 321 g/mol. The number of benzene rings is 1. The fourth-order valence-corrected chi connectivity index (χ4v) is 2.23. The van der Waals surface area contributed by atoms with Crippen LogP contribution in [-0.4, -0.2) is 17.9 Å². The third kappa shape index (κ3) is 3.10. The number of phenolic OH excluding ortho intramolecular Hbond substituents is 1. The Kier molecular flexibility index (Phi) is 4.62. The molecule has 0 aromatic heterocycles. The highest BCUT2D eigenvalue weighted by atomic mass is 79.9. The minimum atomic E-state index is 0.230. The molecule has 1 aromatic rings. The number of rotatable bonds is 3. The summed E-state index contributed by atoms with van der Waals surface area (Å²) in [5.74, 6) is 0.230. The third-order valence-electron chi connectivity index (χ3n) is 1.64. The molecular formula is C10H11Br2NO. The maximum Gasteiger partial charge on any atom is 0.138 e. The molecule has 0 bridgehead atoms. The summed E-state index contributed by atoms with van der Waals surface area (Å²) in [6.45, 7) is 2.84. The second-order valence-corrected chi connectivity index (χ2v) is 4.63. The molecular weight excluding hydrogens is 310 g/mol. The van der Waals surface area contributed by atoms with E-state index >= 15 is 0 Å². The molecule has 4 heteroatoms. The molecule has 0 amide bonds. The van der Waals surface area contributed by atoms with Gasteiger partial charge in [0.05, 0.1) is 4.47 Å². The summed E-state index contributed by atoms with van der Waals surface area (Å²) in [4.78, 5) is 4.18. The zero-order valence-corrected chi connectivity index (χ0v) is 11.0. The molecule has 0 fully saturated rings. The SMILES string of the molecule is CCCN=Cc1cc(Br)cc(Br)c1O. The summed E-state index contributed by atoms with van der Waals surface area (Å²) in [5, 5.41) is 9.66. The van der Waals surface area contributed by atoms with E-state index in [0.29, 0.717) is 4.47 Å². The maximum atomic E-state index is 9.66. The van der Waals surface area contributed by atoms with Crippen molar-refractivity contribution in [1.82, 2.24) is 0 Å². The molecule has 0 aliphatic heterocycles. The fourth-order valence-electron chi connectivity index (χ4n) is 0.976. The third-order valence-corrected chi connectivity index (χ3v) is 2.70. The Morgan fingerprint density at radius 2 is 2.14 bits per heavy atom. The zero-order chi connectivity index (χ0) is 10.6. The van der Waals surface area contributed by atoms with E-state index in [-0.39, 0.29) is 5.75 Å². The van der Waals surface area contributed by atoms with Gasteiger partial charge in [0.1, 0.15) is 5.75 Å². The Hall–Kier alpha value is -0.350. The second kappa shape index (κ2) is 5.51. The Morgan fingerprint density at radius 3 is 2.79 bits per heavy atom. The zero-order valence-electron chi connectivity index (χ0n) is 7.80. The van der Waals surface area contributed by atoms with Crippen molar-refractivity contribution in [3.8, 4) is 5.75 Å². The number of nitrogens with zero attached hydrogens (tertiary/aromatic N) is 1. The van der Waals surface area contributed by atoms with Crippen LogP contribution in [0.2, 0.25) is 0 Å². The molecule has 1 rings (SSSR count). The van der Waals surface area contributed by atoms with Gasteiger partial charge in [0.25, 0.3) is 0 Å². The number of hydrogen-bond donors (Lipinski definition) is 1. The summed E-state index contributed by atoms with van der Waals surface area (Å²) >= 11 is 6.62. The van der Waals surface area contributed by atoms with Crippen molar-refractivity contribution in [2.45, 2.75) is 13.3 Å². The first kappa shape index (κ1) is 11.7. The second-order valence-electron chi connectivity index (χ2n) is 2.86. The van der Waals surface area contributed by atoms with Gasteiger partial charge in [-0.15, -0.1) is 0 Å². The predicted octanol–water partition coefficient (Wildman–Crippen LogP) is 3.75. The molecule has 1 aromatic carbocycles. The molecule has 0 saturated carbocycles. The van der Waals surface area contributed by atoms with E-state index < -0.39 is 0 Å². The van der Waals surface area contributed by atoms with Crippen molar-refractivity contribution in [2.24, 2.45) is 4.99 Å². The smallest absolute Gasteiger partial charge is 0.138 e. The van der Waals surface area contributed by atoms with Crippen molar-refractivity contribution in [2.75, 3.05) is 6.54 Å². The first-order chi connectivity index (χ1) is 6.65. The van der Waals surface area contributed by atoms with Crippen LogP contribution in [0.1, 0.15) is 18.9 Å². The maximum absolute atomic E-state index is 9.66. The molecule has 0 saturated heterocycles. The van der Waals surface area contributed by atoms with E-state index in [9.17, 15) is 5.11 Å². The highest BCUT2D eigenvalue weighted by molar-refractivity contribution is 9.11. The minimum absolute atomic E-state index is 0.230. The highest BCUT2D eigenvalue weighted by Gasteiger charge is 2.04. The first-order valence-electron chi connectivity index (χ1n) is 4.33. The summed E-state index contributed by atoms with van der Waals surface area (Å²) in [7, 11) is 0. The van der Waals surface area contributed by atoms with Crippen molar-refractivity contribution in [3.05, 3.63) is 26.6 Å². The van der Waals surface area contributed by atoms with Crippen molar-refractivity contribution >= 4 is 38.1 Å². The molecule has 76 valence electrons. The van der Waals surface area contributed by atoms with Gasteiger partial charge >= 0.3 is 0 Å². The highest BCUT2D eigenvalue weighted by Crippen LogP contribution is 2.30. The Morgan fingerprint density at radius 1 is 1.43 bits per heavy atom.